The van der Waals surface area contributed by atoms with Gasteiger partial charge in [-0.2, -0.15) is 0 Å². The van der Waals surface area contributed by atoms with E-state index in [0.717, 1.165) is 12.8 Å². The number of nitrogens with two attached hydrogens (primary N) is 1. The van der Waals surface area contributed by atoms with E-state index in [4.69, 9.17) is 5.73 Å². The van der Waals surface area contributed by atoms with E-state index in [1.54, 1.807) is 58.2 Å². The number of likely N-dealkylation sites (N-methyl/N-ethyl adjacent to an activating group) is 2. The molecule has 5 rings (SSSR count). The molecule has 45 heavy (non-hydrogen) atoms. The number of anilines is 2. The summed E-state index contributed by atoms with van der Waals surface area (Å²) in [5.74, 6) is -11.9. The summed E-state index contributed by atoms with van der Waals surface area (Å²) in [7, 11) is 10.1. The van der Waals surface area contributed by atoms with Crippen molar-refractivity contribution >= 4 is 46.3 Å². The van der Waals surface area contributed by atoms with Crippen molar-refractivity contribution in [3.8, 4) is 5.75 Å². The molecule has 14 nitrogen and oxygen atoms in total. The van der Waals surface area contributed by atoms with E-state index in [-0.39, 0.29) is 24.2 Å². The van der Waals surface area contributed by atoms with Crippen LogP contribution in [0.5, 0.6) is 5.75 Å². The van der Waals surface area contributed by atoms with Gasteiger partial charge in [0.1, 0.15) is 5.75 Å². The van der Waals surface area contributed by atoms with E-state index in [1.807, 2.05) is 4.90 Å². The van der Waals surface area contributed by atoms with Crippen molar-refractivity contribution < 1.29 is 39.0 Å². The van der Waals surface area contributed by atoms with Gasteiger partial charge in [0.2, 0.25) is 11.8 Å². The molecule has 1 aliphatic heterocycles. The molecule has 244 valence electrons. The Balaban J connectivity index is 1.74. The number of aromatic hydroxyl groups is 1. The molecule has 0 aromatic heterocycles. The lowest BCUT2D eigenvalue weighted by Gasteiger charge is -2.58. The Kier molecular flexibility index (Phi) is 8.40. The number of phenols is 1. The Bertz CT molecular complexity index is 1480. The fourth-order valence-corrected chi connectivity index (χ4v) is 8.17. The summed E-state index contributed by atoms with van der Waals surface area (Å²) in [6.07, 6.45) is 1.71. The SMILES string of the molecule is CN(C)CC(=O)Nc1cc(N(C)C)c2c(c1O)C(=O)C1C(=O)[C@]3(O)C(=O)C(C(N)=O)C(=O)[C@@H](N(C)C)[C@@H]3[C@@H](N3CCCC3)[C@@H]1C2. The van der Waals surface area contributed by atoms with Crippen molar-refractivity contribution in [2.45, 2.75) is 36.9 Å². The molecule has 2 saturated carbocycles. The van der Waals surface area contributed by atoms with Crippen LogP contribution in [0.25, 0.3) is 0 Å². The van der Waals surface area contributed by atoms with Crippen LogP contribution in [0.15, 0.2) is 6.07 Å². The number of nitrogens with zero attached hydrogens (tertiary/aromatic N) is 4. The van der Waals surface area contributed by atoms with Gasteiger partial charge in [0.05, 0.1) is 29.8 Å². The molecular weight excluding hydrogens is 584 g/mol. The Morgan fingerprint density at radius 3 is 2.20 bits per heavy atom. The van der Waals surface area contributed by atoms with Gasteiger partial charge < -0.3 is 31.1 Å². The molecule has 3 aliphatic carbocycles. The number of hydrogen-bond donors (Lipinski definition) is 4. The van der Waals surface area contributed by atoms with Gasteiger partial charge in [0.25, 0.3) is 0 Å². The molecule has 1 aromatic rings. The summed E-state index contributed by atoms with van der Waals surface area (Å²) in [6, 6.07) is -0.411. The van der Waals surface area contributed by atoms with Crippen molar-refractivity contribution in [1.29, 1.82) is 0 Å². The number of carbonyl (C=O) groups excluding carboxylic acids is 6. The predicted octanol–water partition coefficient (Wildman–Crippen LogP) is -1.49. The normalized spacial score (nSPS) is 31.6. The number of hydrogen-bond acceptors (Lipinski definition) is 12. The monoisotopic (exact) mass is 626 g/mol. The second-order valence-corrected chi connectivity index (χ2v) is 13.4. The number of benzene rings is 1. The first-order valence-corrected chi connectivity index (χ1v) is 15.1. The van der Waals surface area contributed by atoms with Gasteiger partial charge in [0.15, 0.2) is 34.7 Å². The van der Waals surface area contributed by atoms with Crippen molar-refractivity contribution in [1.82, 2.24) is 14.7 Å². The Labute approximate surface area is 261 Å². The van der Waals surface area contributed by atoms with Crippen LogP contribution in [0.3, 0.4) is 0 Å². The van der Waals surface area contributed by atoms with Crippen LogP contribution in [0.4, 0.5) is 11.4 Å². The van der Waals surface area contributed by atoms with Gasteiger partial charge in [0, 0.05) is 31.7 Å². The van der Waals surface area contributed by atoms with Gasteiger partial charge >= 0.3 is 0 Å². The molecule has 5 N–H and O–H groups in total. The molecule has 1 heterocycles. The van der Waals surface area contributed by atoms with Gasteiger partial charge in [-0.1, -0.05) is 0 Å². The Morgan fingerprint density at radius 1 is 1.04 bits per heavy atom. The Hall–Kier alpha value is -3.72. The number of Topliss-reactive ketones (excluding diaryl/α,β-unsaturated/α-hetero) is 4. The van der Waals surface area contributed by atoms with Crippen LogP contribution in [0, 0.1) is 23.7 Å². The van der Waals surface area contributed by atoms with E-state index < -0.39 is 82.1 Å². The molecule has 1 saturated heterocycles. The highest BCUT2D eigenvalue weighted by molar-refractivity contribution is 6.32. The second kappa shape index (κ2) is 11.6. The maximum atomic E-state index is 14.5. The largest absolute Gasteiger partial charge is 0.505 e. The quantitative estimate of drug-likeness (QED) is 0.203. The number of aliphatic hydroxyl groups is 1. The second-order valence-electron chi connectivity index (χ2n) is 13.4. The smallest absolute Gasteiger partial charge is 0.238 e. The first-order valence-electron chi connectivity index (χ1n) is 15.1. The van der Waals surface area contributed by atoms with Crippen molar-refractivity contribution in [3.05, 3.63) is 17.2 Å². The van der Waals surface area contributed by atoms with Gasteiger partial charge in [-0.05, 0) is 78.1 Å². The third-order valence-corrected chi connectivity index (χ3v) is 9.90. The maximum Gasteiger partial charge on any atom is 0.238 e. The third-order valence-electron chi connectivity index (χ3n) is 9.90. The lowest BCUT2D eigenvalue weighted by molar-refractivity contribution is -0.189. The zero-order chi connectivity index (χ0) is 33.3. The first-order chi connectivity index (χ1) is 21.0. The molecule has 14 heteroatoms. The minimum atomic E-state index is -2.86. The summed E-state index contributed by atoms with van der Waals surface area (Å²) in [5, 5.41) is 26.4. The standard InChI is InChI=1S/C31H42N6O8/c1-34(2)13-18(38)33-16-12-17(35(3)4)14-11-15-20(26(40)19(14)25(16)39)28(42)31(45)22(23(15)37-9-7-8-10-37)24(36(5)6)27(41)21(29(31)43)30(32)44/h12,15,20-24,39,45H,7-11,13H2,1-6H3,(H2,32,44)(H,33,38)/t15-,20?,21?,22+,23+,24+,31+/m1/s1. The predicted molar refractivity (Wildman–Crippen MR) is 163 cm³/mol. The highest BCUT2D eigenvalue weighted by Crippen LogP contribution is 2.54. The first kappa shape index (κ1) is 32.7. The average molecular weight is 627 g/mol. The zero-order valence-corrected chi connectivity index (χ0v) is 26.5. The number of carbonyl (C=O) groups is 6. The number of nitrogens with one attached hydrogen (secondary N) is 1. The summed E-state index contributed by atoms with van der Waals surface area (Å²) >= 11 is 0. The zero-order valence-electron chi connectivity index (χ0n) is 26.5. The van der Waals surface area contributed by atoms with Crippen molar-refractivity contribution in [3.63, 3.8) is 0 Å². The summed E-state index contributed by atoms with van der Waals surface area (Å²) in [5.41, 5.74) is 3.44. The minimum Gasteiger partial charge on any atom is -0.505 e. The average Bonchev–Trinajstić information content (AvgIpc) is 3.46. The van der Waals surface area contributed by atoms with E-state index in [9.17, 15) is 39.0 Å². The molecule has 2 unspecified atom stereocenters. The lowest BCUT2D eigenvalue weighted by atomic mass is 9.50. The minimum absolute atomic E-state index is 0.00575. The number of rotatable bonds is 7. The molecule has 2 amide bonds. The summed E-state index contributed by atoms with van der Waals surface area (Å²) < 4.78 is 0. The van der Waals surface area contributed by atoms with E-state index >= 15 is 0 Å². The molecule has 1 aromatic carbocycles. The van der Waals surface area contributed by atoms with Crippen LogP contribution in [0.1, 0.15) is 28.8 Å². The molecule has 0 spiro atoms. The highest BCUT2D eigenvalue weighted by atomic mass is 16.3. The molecule has 3 fully saturated rings. The highest BCUT2D eigenvalue weighted by Gasteiger charge is 2.73. The topological polar surface area (TPSA) is 194 Å². The van der Waals surface area contributed by atoms with Crippen molar-refractivity contribution in [2.24, 2.45) is 29.4 Å². The van der Waals surface area contributed by atoms with Crippen LogP contribution < -0.4 is 16.0 Å². The lowest BCUT2D eigenvalue weighted by Crippen LogP contribution is -2.79. The Morgan fingerprint density at radius 2 is 1.67 bits per heavy atom. The molecular formula is C31H42N6O8. The van der Waals surface area contributed by atoms with Gasteiger partial charge in [-0.25, -0.2) is 0 Å². The summed E-state index contributed by atoms with van der Waals surface area (Å²) in [4.78, 5) is 88.7. The number of fused-ring (bicyclic) bond motifs is 3. The molecule has 0 radical (unpaired) electrons. The van der Waals surface area contributed by atoms with E-state index in [2.05, 4.69) is 5.32 Å². The van der Waals surface area contributed by atoms with Crippen LogP contribution in [-0.4, -0.2) is 139 Å². The third kappa shape index (κ3) is 4.94. The van der Waals surface area contributed by atoms with Crippen molar-refractivity contribution in [2.75, 3.05) is 72.1 Å². The number of phenolic OH excluding ortho intramolecular Hbond substituents is 1. The van der Waals surface area contributed by atoms with Crippen LogP contribution in [-0.2, 0) is 30.4 Å². The van der Waals surface area contributed by atoms with Gasteiger partial charge in [-0.15, -0.1) is 0 Å². The van der Waals surface area contributed by atoms with Gasteiger partial charge in [-0.3, -0.25) is 38.6 Å². The van der Waals surface area contributed by atoms with Crippen LogP contribution >= 0.6 is 0 Å². The molecule has 4 aliphatic rings. The number of ketones is 4. The maximum absolute atomic E-state index is 14.5. The number of likely N-dealkylation sites (tertiary alicyclic amines) is 1. The van der Waals surface area contributed by atoms with Crippen LogP contribution in [0.2, 0.25) is 0 Å². The number of amides is 2. The summed E-state index contributed by atoms with van der Waals surface area (Å²) in [6.45, 7) is 1.12. The van der Waals surface area contributed by atoms with E-state index in [1.165, 1.54) is 4.90 Å². The number of primary amides is 1. The fraction of sp³-hybridized carbons (Fsp3) is 0.613. The molecule has 0 bridgehead atoms. The molecule has 7 atom stereocenters. The van der Waals surface area contributed by atoms with E-state index in [0.29, 0.717) is 24.3 Å². The fourth-order valence-electron chi connectivity index (χ4n) is 8.17.